The average molecular weight is 402 g/mol. The third-order valence-electron chi connectivity index (χ3n) is 4.70. The number of esters is 1. The van der Waals surface area contributed by atoms with E-state index in [-0.39, 0.29) is 23.7 Å². The molecule has 1 aliphatic heterocycles. The van der Waals surface area contributed by atoms with E-state index in [9.17, 15) is 24.6 Å². The number of benzene rings is 2. The SMILES string of the molecule is CCOC(=O)N1CCN(C(=O)COC(=O)c2cc(O)c3ccccc3c2O)CC1. The van der Waals surface area contributed by atoms with E-state index in [1.54, 1.807) is 31.2 Å². The zero-order chi connectivity index (χ0) is 21.0. The molecule has 9 heteroatoms. The summed E-state index contributed by atoms with van der Waals surface area (Å²) in [5.41, 5.74) is -0.221. The van der Waals surface area contributed by atoms with E-state index in [2.05, 4.69) is 0 Å². The molecule has 29 heavy (non-hydrogen) atoms. The fourth-order valence-corrected chi connectivity index (χ4v) is 3.15. The second-order valence-corrected chi connectivity index (χ2v) is 6.48. The number of hydrogen-bond donors (Lipinski definition) is 2. The highest BCUT2D eigenvalue weighted by molar-refractivity contribution is 6.04. The third kappa shape index (κ3) is 4.34. The summed E-state index contributed by atoms with van der Waals surface area (Å²) in [7, 11) is 0. The Bertz CT molecular complexity index is 936. The van der Waals surface area contributed by atoms with Crippen LogP contribution in [0.3, 0.4) is 0 Å². The van der Waals surface area contributed by atoms with E-state index >= 15 is 0 Å². The number of hydrogen-bond acceptors (Lipinski definition) is 7. The van der Waals surface area contributed by atoms with Crippen molar-refractivity contribution in [3.63, 3.8) is 0 Å². The van der Waals surface area contributed by atoms with Gasteiger partial charge in [-0.15, -0.1) is 0 Å². The molecule has 1 aliphatic rings. The lowest BCUT2D eigenvalue weighted by Crippen LogP contribution is -2.51. The molecule has 0 radical (unpaired) electrons. The normalized spacial score (nSPS) is 14.0. The molecule has 1 saturated heterocycles. The Kier molecular flexibility index (Phi) is 6.06. The Labute approximate surface area is 167 Å². The highest BCUT2D eigenvalue weighted by Crippen LogP contribution is 2.35. The van der Waals surface area contributed by atoms with Crippen molar-refractivity contribution in [1.29, 1.82) is 0 Å². The molecule has 1 heterocycles. The summed E-state index contributed by atoms with van der Waals surface area (Å²) in [6.07, 6.45) is -0.419. The predicted octanol–water partition coefficient (Wildman–Crippen LogP) is 1.71. The van der Waals surface area contributed by atoms with Crippen LogP contribution in [0.25, 0.3) is 10.8 Å². The summed E-state index contributed by atoms with van der Waals surface area (Å²) < 4.78 is 9.96. The standard InChI is InChI=1S/C20H22N2O7/c1-2-28-20(27)22-9-7-21(8-10-22)17(24)12-29-19(26)15-11-16(23)13-5-3-4-6-14(13)18(15)25/h3-6,11,23,25H,2,7-10,12H2,1H3. The number of carbonyl (C=O) groups excluding carboxylic acids is 3. The van der Waals surface area contributed by atoms with Gasteiger partial charge in [0.15, 0.2) is 6.61 Å². The van der Waals surface area contributed by atoms with Crippen LogP contribution >= 0.6 is 0 Å². The molecule has 2 aromatic rings. The smallest absolute Gasteiger partial charge is 0.409 e. The molecule has 2 aromatic carbocycles. The van der Waals surface area contributed by atoms with Crippen molar-refractivity contribution < 1.29 is 34.1 Å². The number of amides is 2. The van der Waals surface area contributed by atoms with Gasteiger partial charge in [-0.05, 0) is 13.0 Å². The van der Waals surface area contributed by atoms with Gasteiger partial charge in [0.25, 0.3) is 5.91 Å². The monoisotopic (exact) mass is 402 g/mol. The molecular weight excluding hydrogens is 380 g/mol. The van der Waals surface area contributed by atoms with Gasteiger partial charge in [-0.2, -0.15) is 0 Å². The topological polar surface area (TPSA) is 117 Å². The van der Waals surface area contributed by atoms with E-state index < -0.39 is 24.6 Å². The van der Waals surface area contributed by atoms with E-state index in [0.717, 1.165) is 6.07 Å². The van der Waals surface area contributed by atoms with Crippen LogP contribution in [0.5, 0.6) is 11.5 Å². The summed E-state index contributed by atoms with van der Waals surface area (Å²) >= 11 is 0. The second-order valence-electron chi connectivity index (χ2n) is 6.48. The number of phenols is 2. The molecular formula is C20H22N2O7. The number of piperazine rings is 1. The molecule has 2 N–H and O–H groups in total. The molecule has 0 aromatic heterocycles. The maximum atomic E-state index is 12.3. The summed E-state index contributed by atoms with van der Waals surface area (Å²) in [5.74, 6) is -1.82. The van der Waals surface area contributed by atoms with Gasteiger partial charge in [0.2, 0.25) is 0 Å². The van der Waals surface area contributed by atoms with Crippen LogP contribution < -0.4 is 0 Å². The zero-order valence-electron chi connectivity index (χ0n) is 16.0. The molecule has 0 spiro atoms. The van der Waals surface area contributed by atoms with Gasteiger partial charge in [-0.25, -0.2) is 9.59 Å². The maximum absolute atomic E-state index is 12.3. The molecule has 154 valence electrons. The molecule has 2 amide bonds. The zero-order valence-corrected chi connectivity index (χ0v) is 16.0. The van der Waals surface area contributed by atoms with Crippen molar-refractivity contribution in [3.8, 4) is 11.5 Å². The van der Waals surface area contributed by atoms with Crippen LogP contribution in [0.1, 0.15) is 17.3 Å². The molecule has 0 saturated carbocycles. The predicted molar refractivity (Wildman–Crippen MR) is 103 cm³/mol. The lowest BCUT2D eigenvalue weighted by Gasteiger charge is -2.33. The summed E-state index contributed by atoms with van der Waals surface area (Å²) in [4.78, 5) is 39.3. The van der Waals surface area contributed by atoms with Crippen molar-refractivity contribution in [3.05, 3.63) is 35.9 Å². The number of ether oxygens (including phenoxy) is 2. The van der Waals surface area contributed by atoms with E-state index in [1.807, 2.05) is 0 Å². The Morgan fingerprint density at radius 2 is 1.59 bits per heavy atom. The van der Waals surface area contributed by atoms with Gasteiger partial charge in [0.05, 0.1) is 6.61 Å². The van der Waals surface area contributed by atoms with Crippen LogP contribution in [0.2, 0.25) is 0 Å². The molecule has 1 fully saturated rings. The number of nitrogens with zero attached hydrogens (tertiary/aromatic N) is 2. The van der Waals surface area contributed by atoms with E-state index in [4.69, 9.17) is 9.47 Å². The largest absolute Gasteiger partial charge is 0.507 e. The van der Waals surface area contributed by atoms with E-state index in [1.165, 1.54) is 9.80 Å². The Balaban J connectivity index is 1.59. The van der Waals surface area contributed by atoms with Gasteiger partial charge in [0, 0.05) is 37.0 Å². The van der Waals surface area contributed by atoms with Crippen LogP contribution in [0.15, 0.2) is 30.3 Å². The average Bonchev–Trinajstić information content (AvgIpc) is 2.74. The summed E-state index contributed by atoms with van der Waals surface area (Å²) in [6.45, 7) is 2.76. The quantitative estimate of drug-likeness (QED) is 0.591. The van der Waals surface area contributed by atoms with Gasteiger partial charge in [0.1, 0.15) is 17.1 Å². The first-order chi connectivity index (χ1) is 13.9. The minimum absolute atomic E-state index is 0.174. The Morgan fingerprint density at radius 1 is 0.966 bits per heavy atom. The lowest BCUT2D eigenvalue weighted by atomic mass is 10.0. The molecule has 9 nitrogen and oxygen atoms in total. The molecule has 0 unspecified atom stereocenters. The molecule has 3 rings (SSSR count). The van der Waals surface area contributed by atoms with Crippen LogP contribution in [-0.2, 0) is 14.3 Å². The fraction of sp³-hybridized carbons (Fsp3) is 0.350. The number of aromatic hydroxyl groups is 2. The third-order valence-corrected chi connectivity index (χ3v) is 4.70. The lowest BCUT2D eigenvalue weighted by molar-refractivity contribution is -0.136. The number of fused-ring (bicyclic) bond motifs is 1. The van der Waals surface area contributed by atoms with Crippen LogP contribution in [0.4, 0.5) is 4.79 Å². The van der Waals surface area contributed by atoms with Crippen molar-refractivity contribution in [1.82, 2.24) is 9.80 Å². The van der Waals surface area contributed by atoms with Crippen molar-refractivity contribution in [2.45, 2.75) is 6.92 Å². The maximum Gasteiger partial charge on any atom is 0.409 e. The first-order valence-corrected chi connectivity index (χ1v) is 9.22. The Morgan fingerprint density at radius 3 is 2.24 bits per heavy atom. The molecule has 0 atom stereocenters. The summed E-state index contributed by atoms with van der Waals surface area (Å²) in [6, 6.07) is 7.65. The van der Waals surface area contributed by atoms with Gasteiger partial charge in [-0.3, -0.25) is 4.79 Å². The Hall–Kier alpha value is -3.49. The van der Waals surface area contributed by atoms with Crippen molar-refractivity contribution >= 4 is 28.7 Å². The first-order valence-electron chi connectivity index (χ1n) is 9.22. The molecule has 0 bridgehead atoms. The van der Waals surface area contributed by atoms with Crippen molar-refractivity contribution in [2.75, 3.05) is 39.4 Å². The van der Waals surface area contributed by atoms with Crippen molar-refractivity contribution in [2.24, 2.45) is 0 Å². The highest BCUT2D eigenvalue weighted by atomic mass is 16.6. The van der Waals surface area contributed by atoms with Crippen LogP contribution in [0, 0.1) is 0 Å². The fourth-order valence-electron chi connectivity index (χ4n) is 3.15. The first kappa shape index (κ1) is 20.2. The number of rotatable bonds is 4. The highest BCUT2D eigenvalue weighted by Gasteiger charge is 2.26. The minimum Gasteiger partial charge on any atom is -0.507 e. The number of carbonyl (C=O) groups is 3. The minimum atomic E-state index is -0.915. The molecule has 0 aliphatic carbocycles. The van der Waals surface area contributed by atoms with Gasteiger partial charge >= 0.3 is 12.1 Å². The van der Waals surface area contributed by atoms with E-state index in [0.29, 0.717) is 37.0 Å². The summed E-state index contributed by atoms with van der Waals surface area (Å²) in [5, 5.41) is 21.1. The second kappa shape index (κ2) is 8.68. The number of phenolic OH excluding ortho intramolecular Hbond substituents is 2. The van der Waals surface area contributed by atoms with Gasteiger partial charge < -0.3 is 29.5 Å². The van der Waals surface area contributed by atoms with Gasteiger partial charge in [-0.1, -0.05) is 24.3 Å². The van der Waals surface area contributed by atoms with Crippen LogP contribution in [-0.4, -0.2) is 77.4 Å².